The number of fused-ring (bicyclic) bond motifs is 5. The zero-order valence-corrected chi connectivity index (χ0v) is 7.25. The molecular weight excluding hydrogens is 176 g/mol. The van der Waals surface area contributed by atoms with E-state index < -0.39 is 0 Å². The Labute approximate surface area is 75.5 Å². The maximum absolute atomic E-state index is 11.4. The van der Waals surface area contributed by atoms with E-state index in [1.54, 1.807) is 6.08 Å². The van der Waals surface area contributed by atoms with Gasteiger partial charge in [-0.05, 0) is 18.9 Å². The quantitative estimate of drug-likeness (QED) is 0.570. The second kappa shape index (κ2) is 2.12. The average Bonchev–Trinajstić information content (AvgIpc) is 2.64. The number of ether oxygens (including phenoxy) is 1. The summed E-state index contributed by atoms with van der Waals surface area (Å²) in [4.78, 5) is 11.4. The van der Waals surface area contributed by atoms with Gasteiger partial charge in [0.05, 0.1) is 18.1 Å². The summed E-state index contributed by atoms with van der Waals surface area (Å²) < 4.78 is 5.63. The van der Waals surface area contributed by atoms with Crippen molar-refractivity contribution in [2.24, 2.45) is 11.8 Å². The monoisotopic (exact) mass is 184 g/mol. The van der Waals surface area contributed by atoms with Gasteiger partial charge in [0.2, 0.25) is 0 Å². The number of carbonyl (C=O) groups excluding carboxylic acids is 1. The van der Waals surface area contributed by atoms with Crippen LogP contribution in [0.2, 0.25) is 0 Å². The minimum absolute atomic E-state index is 0.0660. The van der Waals surface area contributed by atoms with E-state index in [2.05, 4.69) is 0 Å². The van der Waals surface area contributed by atoms with E-state index in [9.17, 15) is 4.79 Å². The van der Waals surface area contributed by atoms with Crippen LogP contribution in [-0.4, -0.2) is 18.0 Å². The molecule has 3 heteroatoms. The predicted octanol–water partition coefficient (Wildman–Crippen LogP) is 1.49. The van der Waals surface area contributed by atoms with Crippen LogP contribution in [0.15, 0.2) is 11.1 Å². The van der Waals surface area contributed by atoms with Crippen molar-refractivity contribution in [3.05, 3.63) is 11.1 Å². The van der Waals surface area contributed by atoms with Gasteiger partial charge in [-0.1, -0.05) is 11.6 Å². The molecule has 12 heavy (non-hydrogen) atoms. The molecule has 2 fully saturated rings. The summed E-state index contributed by atoms with van der Waals surface area (Å²) in [6, 6.07) is 0. The molecule has 0 saturated carbocycles. The van der Waals surface area contributed by atoms with Gasteiger partial charge in [0.15, 0.2) is 5.78 Å². The molecule has 0 amide bonds. The molecule has 0 aromatic heterocycles. The van der Waals surface area contributed by atoms with Gasteiger partial charge >= 0.3 is 0 Å². The third kappa shape index (κ3) is 0.679. The van der Waals surface area contributed by atoms with Gasteiger partial charge in [-0.3, -0.25) is 4.79 Å². The number of hydrogen-bond acceptors (Lipinski definition) is 2. The van der Waals surface area contributed by atoms with Gasteiger partial charge < -0.3 is 4.74 Å². The highest BCUT2D eigenvalue weighted by molar-refractivity contribution is 6.33. The highest BCUT2D eigenvalue weighted by Gasteiger charge is 2.55. The fourth-order valence-electron chi connectivity index (χ4n) is 2.72. The molecule has 2 aliphatic heterocycles. The van der Waals surface area contributed by atoms with Crippen LogP contribution in [0, 0.1) is 11.8 Å². The highest BCUT2D eigenvalue weighted by atomic mass is 35.5. The van der Waals surface area contributed by atoms with Crippen LogP contribution in [0.25, 0.3) is 0 Å². The summed E-state index contributed by atoms with van der Waals surface area (Å²) in [5.74, 6) is 0.450. The molecule has 1 aliphatic carbocycles. The van der Waals surface area contributed by atoms with Crippen molar-refractivity contribution in [2.45, 2.75) is 25.0 Å². The van der Waals surface area contributed by atoms with E-state index in [0.29, 0.717) is 0 Å². The van der Waals surface area contributed by atoms with Crippen LogP contribution >= 0.6 is 11.6 Å². The van der Waals surface area contributed by atoms with Crippen LogP contribution in [0.4, 0.5) is 0 Å². The van der Waals surface area contributed by atoms with Gasteiger partial charge in [0.1, 0.15) is 0 Å². The zero-order chi connectivity index (χ0) is 8.29. The van der Waals surface area contributed by atoms with Crippen molar-refractivity contribution < 1.29 is 9.53 Å². The molecule has 2 unspecified atom stereocenters. The summed E-state index contributed by atoms with van der Waals surface area (Å²) in [6.45, 7) is 0. The van der Waals surface area contributed by atoms with Crippen molar-refractivity contribution in [3.8, 4) is 0 Å². The van der Waals surface area contributed by atoms with Gasteiger partial charge in [0.25, 0.3) is 0 Å². The van der Waals surface area contributed by atoms with E-state index >= 15 is 0 Å². The Morgan fingerprint density at radius 2 is 2.00 bits per heavy atom. The Morgan fingerprint density at radius 3 is 2.67 bits per heavy atom. The average molecular weight is 185 g/mol. The highest BCUT2D eigenvalue weighted by Crippen LogP contribution is 2.51. The van der Waals surface area contributed by atoms with Gasteiger partial charge in [-0.15, -0.1) is 0 Å². The molecule has 0 aromatic rings. The van der Waals surface area contributed by atoms with Gasteiger partial charge in [-0.2, -0.15) is 0 Å². The Morgan fingerprint density at radius 1 is 1.33 bits per heavy atom. The lowest BCUT2D eigenvalue weighted by Gasteiger charge is -2.19. The van der Waals surface area contributed by atoms with Gasteiger partial charge in [0, 0.05) is 11.0 Å². The molecule has 2 saturated heterocycles. The first-order valence-electron chi connectivity index (χ1n) is 4.34. The van der Waals surface area contributed by atoms with Gasteiger partial charge in [-0.25, -0.2) is 0 Å². The Balaban J connectivity index is 2.03. The van der Waals surface area contributed by atoms with Crippen LogP contribution < -0.4 is 0 Å². The summed E-state index contributed by atoms with van der Waals surface area (Å²) in [6.07, 6.45) is 4.10. The number of hydrogen-bond donors (Lipinski definition) is 0. The molecule has 2 nitrogen and oxygen atoms in total. The third-order valence-corrected chi connectivity index (χ3v) is 3.56. The zero-order valence-electron chi connectivity index (χ0n) is 6.50. The minimum Gasteiger partial charge on any atom is -0.374 e. The fourth-order valence-corrected chi connectivity index (χ4v) is 3.10. The molecule has 0 radical (unpaired) electrons. The Kier molecular flexibility index (Phi) is 1.25. The van der Waals surface area contributed by atoms with Crippen LogP contribution in [-0.2, 0) is 9.53 Å². The SMILES string of the molecule is O=C1C=C(Cl)[C@H]2C3CCC(O3)[C@@H]12. The van der Waals surface area contributed by atoms with Crippen LogP contribution in [0.3, 0.4) is 0 Å². The molecule has 64 valence electrons. The molecule has 3 aliphatic rings. The smallest absolute Gasteiger partial charge is 0.163 e. The first-order valence-corrected chi connectivity index (χ1v) is 4.71. The van der Waals surface area contributed by atoms with E-state index in [0.717, 1.165) is 17.9 Å². The molecule has 2 bridgehead atoms. The number of ketones is 1. The van der Waals surface area contributed by atoms with E-state index in [4.69, 9.17) is 16.3 Å². The number of carbonyl (C=O) groups is 1. The third-order valence-electron chi connectivity index (χ3n) is 3.20. The van der Waals surface area contributed by atoms with E-state index in [1.165, 1.54) is 0 Å². The van der Waals surface area contributed by atoms with Crippen molar-refractivity contribution in [1.29, 1.82) is 0 Å². The molecule has 2 heterocycles. The van der Waals surface area contributed by atoms with Crippen molar-refractivity contribution in [3.63, 3.8) is 0 Å². The van der Waals surface area contributed by atoms with Crippen LogP contribution in [0.5, 0.6) is 0 Å². The van der Waals surface area contributed by atoms with Crippen molar-refractivity contribution in [2.75, 3.05) is 0 Å². The Hall–Kier alpha value is -0.340. The number of rotatable bonds is 0. The summed E-state index contributed by atoms with van der Waals surface area (Å²) in [5.41, 5.74) is 0. The van der Waals surface area contributed by atoms with E-state index in [-0.39, 0.29) is 29.8 Å². The Bertz CT molecular complexity index is 284. The molecule has 4 atom stereocenters. The standard InChI is InChI=1S/C9H9ClO2/c10-4-3-5(11)9-7-2-1-6(12-7)8(4)9/h3,6-9H,1-2H2/t6?,7?,8-,9+/m0/s1. The van der Waals surface area contributed by atoms with Crippen molar-refractivity contribution in [1.82, 2.24) is 0 Å². The molecule has 3 rings (SSSR count). The lowest BCUT2D eigenvalue weighted by molar-refractivity contribution is -0.119. The number of allylic oxidation sites excluding steroid dienone is 1. The number of halogens is 1. The first-order chi connectivity index (χ1) is 5.77. The normalized spacial score (nSPS) is 49.8. The van der Waals surface area contributed by atoms with E-state index in [1.807, 2.05) is 0 Å². The molecular formula is C9H9ClO2. The largest absolute Gasteiger partial charge is 0.374 e. The van der Waals surface area contributed by atoms with Crippen molar-refractivity contribution >= 4 is 17.4 Å². The minimum atomic E-state index is 0.0660. The summed E-state index contributed by atoms with van der Waals surface area (Å²) in [5, 5.41) is 0.720. The van der Waals surface area contributed by atoms with Crippen LogP contribution in [0.1, 0.15) is 12.8 Å². The lowest BCUT2D eigenvalue weighted by Crippen LogP contribution is -2.28. The maximum atomic E-state index is 11.4. The molecule has 0 N–H and O–H groups in total. The first kappa shape index (κ1) is 7.10. The maximum Gasteiger partial charge on any atom is 0.163 e. The predicted molar refractivity (Wildman–Crippen MR) is 43.8 cm³/mol. The second-order valence-electron chi connectivity index (χ2n) is 3.77. The second-order valence-corrected chi connectivity index (χ2v) is 4.21. The summed E-state index contributed by atoms with van der Waals surface area (Å²) >= 11 is 5.96. The lowest BCUT2D eigenvalue weighted by atomic mass is 9.81. The topological polar surface area (TPSA) is 26.3 Å². The summed E-state index contributed by atoms with van der Waals surface area (Å²) in [7, 11) is 0. The molecule has 0 aromatic carbocycles. The fraction of sp³-hybridized carbons (Fsp3) is 0.667. The molecule has 0 spiro atoms.